The average molecular weight is 345 g/mol. The number of carbonyl (C=O) groups is 1. The van der Waals surface area contributed by atoms with E-state index in [1.807, 2.05) is 25.1 Å². The fourth-order valence-corrected chi connectivity index (χ4v) is 2.36. The van der Waals surface area contributed by atoms with Crippen molar-refractivity contribution in [1.82, 2.24) is 5.32 Å². The lowest BCUT2D eigenvalue weighted by atomic mass is 10.1. The summed E-state index contributed by atoms with van der Waals surface area (Å²) in [7, 11) is 0. The van der Waals surface area contributed by atoms with Crippen molar-refractivity contribution in [3.05, 3.63) is 32.9 Å². The molecule has 0 bridgehead atoms. The number of carbonyl (C=O) groups excluding carboxylic acids is 1. The highest BCUT2D eigenvalue weighted by Crippen LogP contribution is 2.14. The number of rotatable bonds is 3. The lowest BCUT2D eigenvalue weighted by Gasteiger charge is -2.11. The molecule has 0 unspecified atom stereocenters. The summed E-state index contributed by atoms with van der Waals surface area (Å²) in [4.78, 5) is 11.9. The molecule has 0 saturated carbocycles. The third-order valence-electron chi connectivity index (χ3n) is 2.95. The number of hydrogen-bond acceptors (Lipinski definition) is 2. The van der Waals surface area contributed by atoms with Gasteiger partial charge in [0.15, 0.2) is 0 Å². The van der Waals surface area contributed by atoms with E-state index in [2.05, 4.69) is 27.9 Å². The van der Waals surface area contributed by atoms with E-state index in [0.717, 1.165) is 28.6 Å². The van der Waals surface area contributed by atoms with Gasteiger partial charge in [-0.05, 0) is 60.1 Å². The Morgan fingerprint density at radius 3 is 3.06 bits per heavy atom. The molecule has 1 heterocycles. The molecular weight excluding hydrogens is 329 g/mol. The molecule has 1 aromatic rings. The van der Waals surface area contributed by atoms with Crippen molar-refractivity contribution in [1.29, 1.82) is 0 Å². The standard InChI is InChI=1S/C13H16INO2/c1-9-4-5-10(7-12(9)14)13(16)15-8-11-3-2-6-17-11/h4-5,7,11H,2-3,6,8H2,1H3,(H,15,16)/t11-/m1/s1. The highest BCUT2D eigenvalue weighted by Gasteiger charge is 2.16. The van der Waals surface area contributed by atoms with Crippen LogP contribution in [0.25, 0.3) is 0 Å². The molecule has 0 spiro atoms. The maximum Gasteiger partial charge on any atom is 0.251 e. The number of amides is 1. The molecule has 1 atom stereocenters. The van der Waals surface area contributed by atoms with Crippen LogP contribution in [0.15, 0.2) is 18.2 Å². The van der Waals surface area contributed by atoms with Gasteiger partial charge in [-0.1, -0.05) is 6.07 Å². The van der Waals surface area contributed by atoms with E-state index in [1.54, 1.807) is 0 Å². The molecule has 1 amide bonds. The van der Waals surface area contributed by atoms with Crippen LogP contribution in [0, 0.1) is 10.5 Å². The van der Waals surface area contributed by atoms with E-state index in [0.29, 0.717) is 6.54 Å². The molecule has 3 nitrogen and oxygen atoms in total. The number of aryl methyl sites for hydroxylation is 1. The second-order valence-electron chi connectivity index (χ2n) is 4.31. The average Bonchev–Trinajstić information content (AvgIpc) is 2.82. The smallest absolute Gasteiger partial charge is 0.251 e. The number of ether oxygens (including phenoxy) is 1. The summed E-state index contributed by atoms with van der Waals surface area (Å²) in [5.74, 6) is -0.0154. The topological polar surface area (TPSA) is 38.3 Å². The van der Waals surface area contributed by atoms with Gasteiger partial charge in [-0.2, -0.15) is 0 Å². The van der Waals surface area contributed by atoms with Crippen LogP contribution >= 0.6 is 22.6 Å². The SMILES string of the molecule is Cc1ccc(C(=O)NC[C@H]2CCCO2)cc1I. The maximum absolute atomic E-state index is 11.9. The molecule has 0 aromatic heterocycles. The van der Waals surface area contributed by atoms with E-state index < -0.39 is 0 Å². The first-order valence-electron chi connectivity index (χ1n) is 5.83. The van der Waals surface area contributed by atoms with Gasteiger partial charge in [0.05, 0.1) is 6.10 Å². The molecule has 92 valence electrons. The van der Waals surface area contributed by atoms with Gasteiger partial charge in [0, 0.05) is 22.3 Å². The van der Waals surface area contributed by atoms with Crippen LogP contribution in [-0.4, -0.2) is 25.2 Å². The molecule has 1 saturated heterocycles. The van der Waals surface area contributed by atoms with E-state index in [1.165, 1.54) is 5.56 Å². The largest absolute Gasteiger partial charge is 0.376 e. The predicted octanol–water partition coefficient (Wildman–Crippen LogP) is 2.51. The lowest BCUT2D eigenvalue weighted by molar-refractivity contribution is 0.0857. The highest BCUT2D eigenvalue weighted by atomic mass is 127. The summed E-state index contributed by atoms with van der Waals surface area (Å²) >= 11 is 2.25. The fourth-order valence-electron chi connectivity index (χ4n) is 1.85. The molecule has 1 aromatic carbocycles. The van der Waals surface area contributed by atoms with Gasteiger partial charge in [-0.15, -0.1) is 0 Å². The van der Waals surface area contributed by atoms with Gasteiger partial charge in [0.25, 0.3) is 5.91 Å². The summed E-state index contributed by atoms with van der Waals surface area (Å²) in [6.45, 7) is 3.47. The zero-order valence-corrected chi connectivity index (χ0v) is 12.0. The molecule has 1 N–H and O–H groups in total. The van der Waals surface area contributed by atoms with Crippen LogP contribution in [0.3, 0.4) is 0 Å². The van der Waals surface area contributed by atoms with Crippen LogP contribution in [0.5, 0.6) is 0 Å². The summed E-state index contributed by atoms with van der Waals surface area (Å²) < 4.78 is 6.58. The van der Waals surface area contributed by atoms with Gasteiger partial charge in [0.2, 0.25) is 0 Å². The monoisotopic (exact) mass is 345 g/mol. The second-order valence-corrected chi connectivity index (χ2v) is 5.47. The maximum atomic E-state index is 11.9. The summed E-state index contributed by atoms with van der Waals surface area (Å²) in [6.07, 6.45) is 2.35. The van der Waals surface area contributed by atoms with E-state index >= 15 is 0 Å². The first kappa shape index (κ1) is 12.8. The van der Waals surface area contributed by atoms with Gasteiger partial charge >= 0.3 is 0 Å². The Morgan fingerprint density at radius 2 is 2.41 bits per heavy atom. The van der Waals surface area contributed by atoms with E-state index in [4.69, 9.17) is 4.74 Å². The number of benzene rings is 1. The van der Waals surface area contributed by atoms with Gasteiger partial charge in [-0.25, -0.2) is 0 Å². The molecule has 1 fully saturated rings. The Labute approximate surface area is 115 Å². The molecule has 4 heteroatoms. The van der Waals surface area contributed by atoms with Crippen LogP contribution in [0.2, 0.25) is 0 Å². The summed E-state index contributed by atoms with van der Waals surface area (Å²) in [6, 6.07) is 5.76. The summed E-state index contributed by atoms with van der Waals surface area (Å²) in [5, 5.41) is 2.92. The quantitative estimate of drug-likeness (QED) is 0.855. The van der Waals surface area contributed by atoms with Crippen molar-refractivity contribution in [3.8, 4) is 0 Å². The first-order chi connectivity index (χ1) is 8.16. The summed E-state index contributed by atoms with van der Waals surface area (Å²) in [5.41, 5.74) is 1.92. The van der Waals surface area contributed by atoms with Crippen molar-refractivity contribution in [2.75, 3.05) is 13.2 Å². The minimum Gasteiger partial charge on any atom is -0.376 e. The molecule has 17 heavy (non-hydrogen) atoms. The Morgan fingerprint density at radius 1 is 1.59 bits per heavy atom. The Bertz CT molecular complexity index is 414. The van der Waals surface area contributed by atoms with Gasteiger partial charge < -0.3 is 10.1 Å². The van der Waals surface area contributed by atoms with Crippen molar-refractivity contribution in [3.63, 3.8) is 0 Å². The Kier molecular flexibility index (Phi) is 4.39. The highest BCUT2D eigenvalue weighted by molar-refractivity contribution is 14.1. The van der Waals surface area contributed by atoms with E-state index in [-0.39, 0.29) is 12.0 Å². The number of nitrogens with one attached hydrogen (secondary N) is 1. The van der Waals surface area contributed by atoms with Crippen molar-refractivity contribution in [2.45, 2.75) is 25.9 Å². The van der Waals surface area contributed by atoms with Crippen molar-refractivity contribution in [2.24, 2.45) is 0 Å². The fraction of sp³-hybridized carbons (Fsp3) is 0.462. The van der Waals surface area contributed by atoms with Gasteiger partial charge in [-0.3, -0.25) is 4.79 Å². The second kappa shape index (κ2) is 5.82. The molecular formula is C13H16INO2. The molecule has 1 aliphatic heterocycles. The molecule has 0 aliphatic carbocycles. The third-order valence-corrected chi connectivity index (χ3v) is 4.11. The first-order valence-corrected chi connectivity index (χ1v) is 6.90. The van der Waals surface area contributed by atoms with E-state index in [9.17, 15) is 4.79 Å². The van der Waals surface area contributed by atoms with Crippen LogP contribution < -0.4 is 5.32 Å². The minimum absolute atomic E-state index is 0.0154. The Balaban J connectivity index is 1.92. The van der Waals surface area contributed by atoms with Crippen LogP contribution in [-0.2, 0) is 4.74 Å². The Hall–Kier alpha value is -0.620. The molecule has 2 rings (SSSR count). The van der Waals surface area contributed by atoms with Crippen molar-refractivity contribution < 1.29 is 9.53 Å². The predicted molar refractivity (Wildman–Crippen MR) is 75.2 cm³/mol. The lowest BCUT2D eigenvalue weighted by Crippen LogP contribution is -2.31. The zero-order chi connectivity index (χ0) is 12.3. The third kappa shape index (κ3) is 3.42. The number of hydrogen-bond donors (Lipinski definition) is 1. The van der Waals surface area contributed by atoms with Crippen LogP contribution in [0.4, 0.5) is 0 Å². The normalized spacial score (nSPS) is 19.3. The minimum atomic E-state index is -0.0154. The molecule has 0 radical (unpaired) electrons. The molecule has 1 aliphatic rings. The van der Waals surface area contributed by atoms with Crippen molar-refractivity contribution >= 4 is 28.5 Å². The van der Waals surface area contributed by atoms with Gasteiger partial charge in [0.1, 0.15) is 0 Å². The number of halogens is 1. The van der Waals surface area contributed by atoms with Crippen LogP contribution in [0.1, 0.15) is 28.8 Å². The zero-order valence-electron chi connectivity index (χ0n) is 9.83.